The number of hydrogen-bond acceptors (Lipinski definition) is 7. The van der Waals surface area contributed by atoms with Crippen molar-refractivity contribution in [2.24, 2.45) is 5.10 Å². The molecule has 1 amide bonds. The van der Waals surface area contributed by atoms with E-state index in [4.69, 9.17) is 4.74 Å². The summed E-state index contributed by atoms with van der Waals surface area (Å²) in [7, 11) is 0. The van der Waals surface area contributed by atoms with Gasteiger partial charge in [-0.3, -0.25) is 4.98 Å². The van der Waals surface area contributed by atoms with Crippen molar-refractivity contribution in [3.05, 3.63) is 29.4 Å². The second-order valence-corrected chi connectivity index (χ2v) is 6.72. The van der Waals surface area contributed by atoms with Crippen molar-refractivity contribution in [2.75, 3.05) is 0 Å². The van der Waals surface area contributed by atoms with E-state index in [1.54, 1.807) is 46.2 Å². The molecule has 7 nitrogen and oxygen atoms in total. The van der Waals surface area contributed by atoms with Crippen molar-refractivity contribution in [1.29, 1.82) is 0 Å². The number of nitrogens with zero attached hydrogens (tertiary/aromatic N) is 3. The van der Waals surface area contributed by atoms with Gasteiger partial charge in [-0.25, -0.2) is 15.2 Å². The van der Waals surface area contributed by atoms with Gasteiger partial charge in [0.25, 0.3) is 0 Å². The minimum Gasteiger partial charge on any atom is -0.492 e. The lowest BCUT2D eigenvalue weighted by atomic mass is 10.2. The van der Waals surface area contributed by atoms with E-state index in [2.05, 4.69) is 20.5 Å². The summed E-state index contributed by atoms with van der Waals surface area (Å²) >= 11 is 1.26. The fourth-order valence-electron chi connectivity index (χ4n) is 1.64. The highest BCUT2D eigenvalue weighted by molar-refractivity contribution is 7.17. The Kier molecular flexibility index (Phi) is 4.95. The molecule has 2 rings (SSSR count). The molecule has 0 fully saturated rings. The molecule has 0 spiro atoms. The van der Waals surface area contributed by atoms with E-state index in [1.807, 2.05) is 6.07 Å². The van der Waals surface area contributed by atoms with Gasteiger partial charge in [-0.1, -0.05) is 0 Å². The molecular weight excluding hydrogens is 316 g/mol. The molecule has 0 aromatic carbocycles. The molecule has 0 saturated heterocycles. The molecule has 23 heavy (non-hydrogen) atoms. The van der Waals surface area contributed by atoms with Crippen LogP contribution in [0, 0.1) is 0 Å². The first kappa shape index (κ1) is 16.9. The molecular formula is C15H18N4O3S. The van der Waals surface area contributed by atoms with E-state index in [0.717, 1.165) is 5.56 Å². The van der Waals surface area contributed by atoms with Crippen molar-refractivity contribution in [1.82, 2.24) is 15.4 Å². The summed E-state index contributed by atoms with van der Waals surface area (Å²) in [5.41, 5.74) is 2.92. The minimum atomic E-state index is -0.659. The lowest BCUT2D eigenvalue weighted by Crippen LogP contribution is -2.30. The monoisotopic (exact) mass is 334 g/mol. The predicted octanol–water partition coefficient (Wildman–Crippen LogP) is 3.16. The number of rotatable bonds is 3. The Morgan fingerprint density at radius 1 is 1.43 bits per heavy atom. The SMILES string of the molecule is C/C(=N\NC(=O)OC(C)(C)C)c1sc(-c2cccnc2)nc1O. The molecule has 0 unspecified atom stereocenters. The second kappa shape index (κ2) is 6.74. The zero-order valence-corrected chi connectivity index (χ0v) is 14.1. The normalized spacial score (nSPS) is 12.1. The summed E-state index contributed by atoms with van der Waals surface area (Å²) in [6.45, 7) is 6.95. The molecule has 2 aromatic heterocycles. The lowest BCUT2D eigenvalue weighted by Gasteiger charge is -2.18. The van der Waals surface area contributed by atoms with Crippen LogP contribution >= 0.6 is 11.3 Å². The van der Waals surface area contributed by atoms with Gasteiger partial charge < -0.3 is 9.84 Å². The predicted molar refractivity (Wildman–Crippen MR) is 88.6 cm³/mol. The van der Waals surface area contributed by atoms with Crippen LogP contribution < -0.4 is 5.43 Å². The molecule has 0 aliphatic carbocycles. The number of nitrogens with one attached hydrogen (secondary N) is 1. The van der Waals surface area contributed by atoms with Crippen LogP contribution in [-0.4, -0.2) is 32.5 Å². The largest absolute Gasteiger partial charge is 0.492 e. The third-order valence-electron chi connectivity index (χ3n) is 2.56. The second-order valence-electron chi connectivity index (χ2n) is 5.72. The van der Waals surface area contributed by atoms with E-state index in [1.165, 1.54) is 11.3 Å². The maximum absolute atomic E-state index is 11.6. The van der Waals surface area contributed by atoms with Crippen LogP contribution in [0.5, 0.6) is 5.88 Å². The number of thiazole rings is 1. The van der Waals surface area contributed by atoms with Gasteiger partial charge in [0.2, 0.25) is 5.88 Å². The fourth-order valence-corrected chi connectivity index (χ4v) is 2.54. The zero-order chi connectivity index (χ0) is 17.0. The number of amides is 1. The van der Waals surface area contributed by atoms with Gasteiger partial charge in [-0.2, -0.15) is 5.10 Å². The Hall–Kier alpha value is -2.48. The Morgan fingerprint density at radius 3 is 2.78 bits per heavy atom. The first-order valence-corrected chi connectivity index (χ1v) is 7.72. The van der Waals surface area contributed by atoms with E-state index in [0.29, 0.717) is 15.6 Å². The van der Waals surface area contributed by atoms with Gasteiger partial charge in [0, 0.05) is 18.0 Å². The molecule has 0 atom stereocenters. The van der Waals surface area contributed by atoms with Gasteiger partial charge in [-0.05, 0) is 39.8 Å². The molecule has 8 heteroatoms. The van der Waals surface area contributed by atoms with E-state index in [9.17, 15) is 9.90 Å². The summed E-state index contributed by atoms with van der Waals surface area (Å²) in [6.07, 6.45) is 2.66. The quantitative estimate of drug-likeness (QED) is 0.664. The average Bonchev–Trinajstić information content (AvgIpc) is 2.86. The van der Waals surface area contributed by atoms with Crippen molar-refractivity contribution in [2.45, 2.75) is 33.3 Å². The number of carbonyl (C=O) groups excluding carboxylic acids is 1. The first-order chi connectivity index (χ1) is 10.8. The smallest absolute Gasteiger partial charge is 0.428 e. The molecule has 0 radical (unpaired) electrons. The molecule has 0 bridgehead atoms. The lowest BCUT2D eigenvalue weighted by molar-refractivity contribution is 0.0529. The van der Waals surface area contributed by atoms with Crippen molar-refractivity contribution in [3.63, 3.8) is 0 Å². The van der Waals surface area contributed by atoms with Crippen LogP contribution in [0.2, 0.25) is 0 Å². The number of aromatic hydroxyl groups is 1. The van der Waals surface area contributed by atoms with Gasteiger partial charge in [-0.15, -0.1) is 11.3 Å². The van der Waals surface area contributed by atoms with E-state index in [-0.39, 0.29) is 5.88 Å². The van der Waals surface area contributed by atoms with Crippen LogP contribution in [-0.2, 0) is 4.74 Å². The Morgan fingerprint density at radius 2 is 2.17 bits per heavy atom. The number of hydrogen-bond donors (Lipinski definition) is 2. The van der Waals surface area contributed by atoms with E-state index >= 15 is 0 Å². The Balaban J connectivity index is 2.14. The average molecular weight is 334 g/mol. The van der Waals surface area contributed by atoms with Gasteiger partial charge >= 0.3 is 6.09 Å². The van der Waals surface area contributed by atoms with E-state index < -0.39 is 11.7 Å². The summed E-state index contributed by atoms with van der Waals surface area (Å²) in [5, 5.41) is 14.5. The van der Waals surface area contributed by atoms with Crippen LogP contribution in [0.1, 0.15) is 32.6 Å². The molecule has 0 aliphatic heterocycles. The van der Waals surface area contributed by atoms with Crippen LogP contribution in [0.4, 0.5) is 4.79 Å². The molecule has 2 aromatic rings. The first-order valence-electron chi connectivity index (χ1n) is 6.90. The highest BCUT2D eigenvalue weighted by Gasteiger charge is 2.17. The number of pyridine rings is 1. The van der Waals surface area contributed by atoms with Crippen molar-refractivity contribution in [3.8, 4) is 16.5 Å². The molecule has 122 valence electrons. The van der Waals surface area contributed by atoms with Crippen LogP contribution in [0.3, 0.4) is 0 Å². The minimum absolute atomic E-state index is 0.138. The molecule has 2 N–H and O–H groups in total. The third kappa shape index (κ3) is 4.75. The fraction of sp³-hybridized carbons (Fsp3) is 0.333. The number of carbonyl (C=O) groups is 1. The zero-order valence-electron chi connectivity index (χ0n) is 13.3. The number of aromatic nitrogens is 2. The maximum Gasteiger partial charge on any atom is 0.428 e. The Bertz CT molecular complexity index is 720. The van der Waals surface area contributed by atoms with Gasteiger partial charge in [0.1, 0.15) is 15.5 Å². The summed E-state index contributed by atoms with van der Waals surface area (Å²) < 4.78 is 5.09. The highest BCUT2D eigenvalue weighted by atomic mass is 32.1. The van der Waals surface area contributed by atoms with Gasteiger partial charge in [0.05, 0.1) is 5.71 Å². The Labute approximate surface area is 138 Å². The summed E-state index contributed by atoms with van der Waals surface area (Å²) in [5.74, 6) is -0.138. The number of hydrazone groups is 1. The molecule has 0 aliphatic rings. The highest BCUT2D eigenvalue weighted by Crippen LogP contribution is 2.31. The summed E-state index contributed by atoms with van der Waals surface area (Å²) in [4.78, 5) is 20.2. The molecule has 0 saturated carbocycles. The standard InChI is InChI=1S/C15H18N4O3S/c1-9(18-19-14(21)22-15(2,3)4)11-12(20)17-13(23-11)10-6-5-7-16-8-10/h5-8,20H,1-4H3,(H,19,21)/b18-9+. The van der Waals surface area contributed by atoms with Crippen LogP contribution in [0.25, 0.3) is 10.6 Å². The summed E-state index contributed by atoms with van der Waals surface area (Å²) in [6, 6.07) is 3.64. The number of ether oxygens (including phenoxy) is 1. The van der Waals surface area contributed by atoms with Gasteiger partial charge in [0.15, 0.2) is 0 Å². The maximum atomic E-state index is 11.6. The van der Waals surface area contributed by atoms with Crippen molar-refractivity contribution < 1.29 is 14.6 Å². The van der Waals surface area contributed by atoms with Crippen LogP contribution in [0.15, 0.2) is 29.6 Å². The third-order valence-corrected chi connectivity index (χ3v) is 3.76. The topological polar surface area (TPSA) is 96.7 Å². The van der Waals surface area contributed by atoms with Crippen molar-refractivity contribution >= 4 is 23.1 Å². The molecule has 2 heterocycles.